The number of hydrogen-bond acceptors (Lipinski definition) is 1. The Labute approximate surface area is 122 Å². The fourth-order valence-corrected chi connectivity index (χ4v) is 2.51. The van der Waals surface area contributed by atoms with Crippen molar-refractivity contribution in [2.24, 2.45) is 5.92 Å². The molecule has 0 radical (unpaired) electrons. The molecule has 2 nitrogen and oxygen atoms in total. The first-order valence-electron chi connectivity index (χ1n) is 5.43. The molecule has 1 aromatic rings. The van der Waals surface area contributed by atoms with E-state index in [1.165, 1.54) is 0 Å². The van der Waals surface area contributed by atoms with Gasteiger partial charge in [-0.15, -0.1) is 23.2 Å². The largest absolute Gasteiger partial charge is 0.481 e. The first-order valence-corrected chi connectivity index (χ1v) is 6.50. The summed E-state index contributed by atoms with van der Waals surface area (Å²) in [6.45, 7) is 0. The molecule has 0 heterocycles. The summed E-state index contributed by atoms with van der Waals surface area (Å²) in [5.41, 5.74) is -1.47. The number of halogens is 6. The zero-order valence-corrected chi connectivity index (χ0v) is 11.4. The molecule has 1 rings (SSSR count). The Morgan fingerprint density at radius 3 is 2.25 bits per heavy atom. The molecule has 0 saturated heterocycles. The lowest BCUT2D eigenvalue weighted by Crippen LogP contribution is -2.25. The van der Waals surface area contributed by atoms with Crippen LogP contribution in [0.15, 0.2) is 18.2 Å². The summed E-state index contributed by atoms with van der Waals surface area (Å²) in [7, 11) is 0. The number of carboxylic acids is 1. The van der Waals surface area contributed by atoms with E-state index < -0.39 is 35.4 Å². The number of alkyl halides is 5. The molecule has 2 atom stereocenters. The van der Waals surface area contributed by atoms with Crippen LogP contribution in [0.25, 0.3) is 0 Å². The highest BCUT2D eigenvalue weighted by Crippen LogP contribution is 2.35. The third-order valence-corrected chi connectivity index (χ3v) is 3.52. The average Bonchev–Trinajstić information content (AvgIpc) is 2.34. The summed E-state index contributed by atoms with van der Waals surface area (Å²) in [5.74, 6) is -5.34. The molecule has 0 fully saturated rings. The van der Waals surface area contributed by atoms with Gasteiger partial charge in [0, 0.05) is 17.7 Å². The van der Waals surface area contributed by atoms with E-state index in [1.807, 2.05) is 0 Å². The van der Waals surface area contributed by atoms with Gasteiger partial charge in [-0.05, 0) is 17.7 Å². The maximum absolute atomic E-state index is 13.2. The van der Waals surface area contributed by atoms with Gasteiger partial charge in [0.2, 0.25) is 0 Å². The maximum atomic E-state index is 13.2. The minimum Gasteiger partial charge on any atom is -0.481 e. The van der Waals surface area contributed by atoms with Gasteiger partial charge >= 0.3 is 12.1 Å². The summed E-state index contributed by atoms with van der Waals surface area (Å²) < 4.78 is 51.0. The Balaban J connectivity index is 3.27. The van der Waals surface area contributed by atoms with Crippen molar-refractivity contribution in [3.8, 4) is 0 Å². The lowest BCUT2D eigenvalue weighted by Gasteiger charge is -2.21. The Morgan fingerprint density at radius 2 is 1.85 bits per heavy atom. The molecule has 112 valence electrons. The van der Waals surface area contributed by atoms with Gasteiger partial charge in [-0.25, -0.2) is 4.39 Å². The highest BCUT2D eigenvalue weighted by atomic mass is 35.5. The van der Waals surface area contributed by atoms with Crippen molar-refractivity contribution in [3.63, 3.8) is 0 Å². The van der Waals surface area contributed by atoms with Gasteiger partial charge in [0.1, 0.15) is 5.82 Å². The van der Waals surface area contributed by atoms with Crippen LogP contribution in [-0.2, 0) is 11.0 Å². The van der Waals surface area contributed by atoms with E-state index >= 15 is 0 Å². The van der Waals surface area contributed by atoms with E-state index in [0.717, 1.165) is 6.07 Å². The lowest BCUT2D eigenvalue weighted by atomic mass is 9.87. The monoisotopic (exact) mass is 332 g/mol. The molecule has 20 heavy (non-hydrogen) atoms. The number of rotatable bonds is 5. The smallest absolute Gasteiger partial charge is 0.419 e. The molecule has 1 aromatic carbocycles. The van der Waals surface area contributed by atoms with E-state index in [0.29, 0.717) is 12.1 Å². The highest BCUT2D eigenvalue weighted by molar-refractivity contribution is 6.20. The molecule has 0 aliphatic carbocycles. The predicted octanol–water partition coefficient (Wildman–Crippen LogP) is 4.11. The molecule has 1 N–H and O–H groups in total. The second kappa shape index (κ2) is 6.63. The summed E-state index contributed by atoms with van der Waals surface area (Å²) >= 11 is 11.1. The number of aliphatic carboxylic acids is 1. The van der Waals surface area contributed by atoms with Crippen LogP contribution in [0.2, 0.25) is 0 Å². The summed E-state index contributed by atoms with van der Waals surface area (Å²) in [6, 6.07) is 2.30. The second-order valence-electron chi connectivity index (χ2n) is 4.10. The number of hydrogen-bond donors (Lipinski definition) is 1. The number of carbonyl (C=O) groups is 1. The van der Waals surface area contributed by atoms with E-state index in [4.69, 9.17) is 28.3 Å². The van der Waals surface area contributed by atoms with Crippen molar-refractivity contribution in [1.29, 1.82) is 0 Å². The zero-order valence-electron chi connectivity index (χ0n) is 9.92. The van der Waals surface area contributed by atoms with Gasteiger partial charge in [0.25, 0.3) is 0 Å². The minimum atomic E-state index is -4.86. The quantitative estimate of drug-likeness (QED) is 0.650. The van der Waals surface area contributed by atoms with Gasteiger partial charge in [0.05, 0.1) is 11.5 Å². The Morgan fingerprint density at radius 1 is 1.25 bits per heavy atom. The standard InChI is InChI=1S/C12H10Cl2F4O2/c13-4-7(8(5-14)11(19)20)6-1-2-10(15)9(3-6)12(16,17)18/h1-3,7-8H,4-5H2,(H,19,20). The van der Waals surface area contributed by atoms with E-state index in [1.54, 1.807) is 0 Å². The van der Waals surface area contributed by atoms with Crippen LogP contribution in [-0.4, -0.2) is 22.8 Å². The minimum absolute atomic E-state index is 0.0122. The molecule has 0 saturated carbocycles. The van der Waals surface area contributed by atoms with Gasteiger partial charge in [0.15, 0.2) is 0 Å². The third-order valence-electron chi connectivity index (χ3n) is 2.86. The molecule has 2 unspecified atom stereocenters. The van der Waals surface area contributed by atoms with Crippen molar-refractivity contribution >= 4 is 29.2 Å². The van der Waals surface area contributed by atoms with E-state index in [9.17, 15) is 22.4 Å². The van der Waals surface area contributed by atoms with Crippen LogP contribution < -0.4 is 0 Å². The van der Waals surface area contributed by atoms with Crippen LogP contribution in [0, 0.1) is 11.7 Å². The van der Waals surface area contributed by atoms with Crippen LogP contribution in [0.5, 0.6) is 0 Å². The van der Waals surface area contributed by atoms with Gasteiger partial charge in [-0.2, -0.15) is 13.2 Å². The van der Waals surface area contributed by atoms with Gasteiger partial charge in [-0.3, -0.25) is 4.79 Å². The fraction of sp³-hybridized carbons (Fsp3) is 0.417. The van der Waals surface area contributed by atoms with Crippen molar-refractivity contribution < 1.29 is 27.5 Å². The Bertz CT molecular complexity index is 491. The Hall–Kier alpha value is -1.01. The fourth-order valence-electron chi connectivity index (χ4n) is 1.77. The lowest BCUT2D eigenvalue weighted by molar-refractivity contribution is -0.141. The molecule has 0 bridgehead atoms. The first-order chi connectivity index (χ1) is 9.22. The number of benzene rings is 1. The third kappa shape index (κ3) is 3.76. The summed E-state index contributed by atoms with van der Waals surface area (Å²) in [4.78, 5) is 11.0. The van der Waals surface area contributed by atoms with Gasteiger partial charge in [-0.1, -0.05) is 6.07 Å². The molecular weight excluding hydrogens is 323 g/mol. The predicted molar refractivity (Wildman–Crippen MR) is 66.7 cm³/mol. The summed E-state index contributed by atoms with van der Waals surface area (Å²) in [6.07, 6.45) is -4.86. The first kappa shape index (κ1) is 17.0. The SMILES string of the molecule is O=C(O)C(CCl)C(CCl)c1ccc(F)c(C(F)(F)F)c1. The van der Waals surface area contributed by atoms with E-state index in [-0.39, 0.29) is 17.3 Å². The average molecular weight is 333 g/mol. The van der Waals surface area contributed by atoms with Crippen molar-refractivity contribution in [3.05, 3.63) is 35.1 Å². The van der Waals surface area contributed by atoms with Crippen molar-refractivity contribution in [2.75, 3.05) is 11.8 Å². The molecule has 0 amide bonds. The van der Waals surface area contributed by atoms with Crippen molar-refractivity contribution in [2.45, 2.75) is 12.1 Å². The molecule has 0 aliphatic heterocycles. The molecule has 8 heteroatoms. The normalized spacial score (nSPS) is 14.9. The molecule has 0 aromatic heterocycles. The van der Waals surface area contributed by atoms with Gasteiger partial charge < -0.3 is 5.11 Å². The van der Waals surface area contributed by atoms with Crippen LogP contribution >= 0.6 is 23.2 Å². The van der Waals surface area contributed by atoms with E-state index in [2.05, 4.69) is 0 Å². The Kier molecular flexibility index (Phi) is 5.65. The molecule has 0 aliphatic rings. The van der Waals surface area contributed by atoms with Crippen LogP contribution in [0.4, 0.5) is 17.6 Å². The topological polar surface area (TPSA) is 37.3 Å². The van der Waals surface area contributed by atoms with Crippen LogP contribution in [0.3, 0.4) is 0 Å². The molecular formula is C12H10Cl2F4O2. The second-order valence-corrected chi connectivity index (χ2v) is 4.71. The molecule has 0 spiro atoms. The maximum Gasteiger partial charge on any atom is 0.419 e. The zero-order chi connectivity index (χ0) is 15.5. The summed E-state index contributed by atoms with van der Waals surface area (Å²) in [5, 5.41) is 8.98. The number of carboxylic acid groups (broad SMARTS) is 1. The highest BCUT2D eigenvalue weighted by Gasteiger charge is 2.36. The van der Waals surface area contributed by atoms with Crippen LogP contribution in [0.1, 0.15) is 17.0 Å². The van der Waals surface area contributed by atoms with Crippen molar-refractivity contribution in [1.82, 2.24) is 0 Å².